The van der Waals surface area contributed by atoms with E-state index in [4.69, 9.17) is 16.3 Å². The zero-order chi connectivity index (χ0) is 19.7. The summed E-state index contributed by atoms with van der Waals surface area (Å²) in [4.78, 5) is 0. The lowest BCUT2D eigenvalue weighted by molar-refractivity contribution is 0.253. The maximum atomic E-state index is 15.0. The van der Waals surface area contributed by atoms with Crippen molar-refractivity contribution in [3.8, 4) is 5.75 Å². The highest BCUT2D eigenvalue weighted by Gasteiger charge is 2.37. The van der Waals surface area contributed by atoms with E-state index >= 15 is 4.39 Å². The second-order valence-electron chi connectivity index (χ2n) is 7.79. The summed E-state index contributed by atoms with van der Waals surface area (Å²) in [7, 11) is 0. The maximum Gasteiger partial charge on any atom is 0.201 e. The first kappa shape index (κ1) is 22.2. The summed E-state index contributed by atoms with van der Waals surface area (Å²) < 4.78 is 34.8. The molecule has 1 nitrogen and oxygen atoms in total. The molecule has 1 aromatic carbocycles. The molecule has 0 heterocycles. The van der Waals surface area contributed by atoms with Gasteiger partial charge >= 0.3 is 0 Å². The predicted molar refractivity (Wildman–Crippen MR) is 109 cm³/mol. The van der Waals surface area contributed by atoms with Crippen molar-refractivity contribution in [2.45, 2.75) is 96.3 Å². The molecule has 0 aliphatic heterocycles. The van der Waals surface area contributed by atoms with Gasteiger partial charge in [0.25, 0.3) is 0 Å². The van der Waals surface area contributed by atoms with E-state index in [0.717, 1.165) is 38.5 Å². The summed E-state index contributed by atoms with van der Waals surface area (Å²) in [6.45, 7) is 3.90. The molecule has 0 spiro atoms. The molecule has 0 radical (unpaired) electrons. The molecular weight excluding hydrogens is 366 g/mol. The van der Waals surface area contributed by atoms with Gasteiger partial charge in [0.1, 0.15) is 0 Å². The number of ether oxygens (including phenoxy) is 1. The van der Waals surface area contributed by atoms with E-state index in [9.17, 15) is 4.39 Å². The van der Waals surface area contributed by atoms with Crippen LogP contribution in [0.1, 0.15) is 96.5 Å². The van der Waals surface area contributed by atoms with Gasteiger partial charge < -0.3 is 4.74 Å². The normalized spacial score (nSPS) is 17.1. The van der Waals surface area contributed by atoms with Gasteiger partial charge in [-0.25, -0.2) is 4.39 Å². The summed E-state index contributed by atoms with van der Waals surface area (Å²) in [5, 5.41) is 0.0421. The minimum Gasteiger partial charge on any atom is -0.443 e. The van der Waals surface area contributed by atoms with Crippen molar-refractivity contribution in [1.82, 2.24) is 0 Å². The number of halogens is 3. The molecule has 1 fully saturated rings. The van der Waals surface area contributed by atoms with Crippen LogP contribution in [0, 0.1) is 11.6 Å². The largest absolute Gasteiger partial charge is 0.443 e. The van der Waals surface area contributed by atoms with Gasteiger partial charge in [0, 0.05) is 0 Å². The minimum atomic E-state index is -0.930. The SMILES string of the molecule is C/C=C(/Cl)Oc1ccc(C2(CCCCCCCC)CCCCC2)c(F)c1F. The molecule has 1 saturated carbocycles. The van der Waals surface area contributed by atoms with Crippen LogP contribution in [0.3, 0.4) is 0 Å². The van der Waals surface area contributed by atoms with Gasteiger partial charge in [-0.05, 0) is 60.9 Å². The van der Waals surface area contributed by atoms with Crippen molar-refractivity contribution in [2.24, 2.45) is 0 Å². The highest BCUT2D eigenvalue weighted by atomic mass is 35.5. The van der Waals surface area contributed by atoms with E-state index in [0.29, 0.717) is 5.56 Å². The van der Waals surface area contributed by atoms with Crippen LogP contribution in [0.2, 0.25) is 0 Å². The Bertz CT molecular complexity index is 621. The molecule has 0 N–H and O–H groups in total. The average molecular weight is 399 g/mol. The zero-order valence-corrected chi connectivity index (χ0v) is 17.5. The Hall–Kier alpha value is -1.09. The van der Waals surface area contributed by atoms with Gasteiger partial charge in [0.15, 0.2) is 16.8 Å². The number of benzene rings is 1. The number of hydrogen-bond acceptors (Lipinski definition) is 1. The molecular formula is C23H33ClF2O. The molecule has 0 bridgehead atoms. The molecule has 1 aliphatic carbocycles. The topological polar surface area (TPSA) is 9.23 Å². The third-order valence-electron chi connectivity index (χ3n) is 5.87. The second kappa shape index (κ2) is 11.0. The van der Waals surface area contributed by atoms with Gasteiger partial charge in [-0.2, -0.15) is 4.39 Å². The van der Waals surface area contributed by atoms with Crippen LogP contribution >= 0.6 is 11.6 Å². The number of rotatable bonds is 10. The fourth-order valence-electron chi connectivity index (χ4n) is 4.31. The van der Waals surface area contributed by atoms with Gasteiger partial charge in [-0.1, -0.05) is 70.8 Å². The van der Waals surface area contributed by atoms with Crippen LogP contribution in [-0.4, -0.2) is 0 Å². The van der Waals surface area contributed by atoms with Crippen LogP contribution in [0.25, 0.3) is 0 Å². The number of hydrogen-bond donors (Lipinski definition) is 0. The van der Waals surface area contributed by atoms with E-state index in [1.165, 1.54) is 50.7 Å². The van der Waals surface area contributed by atoms with Crippen LogP contribution < -0.4 is 4.74 Å². The Kier molecular flexibility index (Phi) is 9.08. The fourth-order valence-corrected chi connectivity index (χ4v) is 4.39. The summed E-state index contributed by atoms with van der Waals surface area (Å²) in [6, 6.07) is 3.24. The summed E-state index contributed by atoms with van der Waals surface area (Å²) in [5.41, 5.74) is 0.286. The minimum absolute atomic E-state index is 0.0421. The lowest BCUT2D eigenvalue weighted by Crippen LogP contribution is -2.30. The van der Waals surface area contributed by atoms with E-state index in [2.05, 4.69) is 6.92 Å². The van der Waals surface area contributed by atoms with Crippen molar-refractivity contribution in [2.75, 3.05) is 0 Å². The molecule has 0 unspecified atom stereocenters. The summed E-state index contributed by atoms with van der Waals surface area (Å²) >= 11 is 5.81. The van der Waals surface area contributed by atoms with Crippen molar-refractivity contribution >= 4 is 11.6 Å². The van der Waals surface area contributed by atoms with Crippen LogP contribution in [-0.2, 0) is 5.41 Å². The molecule has 1 aromatic rings. The first-order valence-corrected chi connectivity index (χ1v) is 10.9. The van der Waals surface area contributed by atoms with E-state index in [1.54, 1.807) is 13.0 Å². The summed E-state index contributed by atoms with van der Waals surface area (Å²) in [5.74, 6) is -1.84. The molecule has 0 atom stereocenters. The first-order chi connectivity index (χ1) is 13.0. The quantitative estimate of drug-likeness (QED) is 0.284. The second-order valence-corrected chi connectivity index (χ2v) is 8.17. The molecule has 2 rings (SSSR count). The highest BCUT2D eigenvalue weighted by Crippen LogP contribution is 2.45. The maximum absolute atomic E-state index is 15.0. The van der Waals surface area contributed by atoms with Crippen molar-refractivity contribution in [3.05, 3.63) is 40.6 Å². The lowest BCUT2D eigenvalue weighted by Gasteiger charge is -2.38. The molecule has 0 aromatic heterocycles. The molecule has 152 valence electrons. The fraction of sp³-hybridized carbons (Fsp3) is 0.652. The van der Waals surface area contributed by atoms with E-state index < -0.39 is 11.6 Å². The van der Waals surface area contributed by atoms with E-state index in [-0.39, 0.29) is 16.4 Å². The van der Waals surface area contributed by atoms with Gasteiger partial charge in [-0.3, -0.25) is 0 Å². The van der Waals surface area contributed by atoms with Crippen molar-refractivity contribution in [3.63, 3.8) is 0 Å². The smallest absolute Gasteiger partial charge is 0.201 e. The Labute approximate surface area is 168 Å². The van der Waals surface area contributed by atoms with Gasteiger partial charge in [-0.15, -0.1) is 0 Å². The van der Waals surface area contributed by atoms with Gasteiger partial charge in [0.05, 0.1) is 0 Å². The zero-order valence-electron chi connectivity index (χ0n) is 16.8. The third kappa shape index (κ3) is 5.94. The van der Waals surface area contributed by atoms with Crippen molar-refractivity contribution < 1.29 is 13.5 Å². The third-order valence-corrected chi connectivity index (χ3v) is 6.17. The molecule has 4 heteroatoms. The number of unbranched alkanes of at least 4 members (excludes halogenated alkanes) is 5. The van der Waals surface area contributed by atoms with Crippen LogP contribution in [0.4, 0.5) is 8.78 Å². The Morgan fingerprint density at radius 2 is 1.70 bits per heavy atom. The average Bonchev–Trinajstić information content (AvgIpc) is 2.69. The molecule has 27 heavy (non-hydrogen) atoms. The van der Waals surface area contributed by atoms with E-state index in [1.807, 2.05) is 0 Å². The van der Waals surface area contributed by atoms with Crippen molar-refractivity contribution in [1.29, 1.82) is 0 Å². The molecule has 1 aliphatic rings. The predicted octanol–water partition coefficient (Wildman–Crippen LogP) is 8.40. The monoisotopic (exact) mass is 398 g/mol. The van der Waals surface area contributed by atoms with Crippen LogP contribution in [0.5, 0.6) is 5.75 Å². The highest BCUT2D eigenvalue weighted by molar-refractivity contribution is 6.28. The Morgan fingerprint density at radius 1 is 1.04 bits per heavy atom. The number of allylic oxidation sites excluding steroid dienone is 1. The standard InChI is InChI=1S/C23H33ClF2O/c1-3-5-6-7-8-10-15-23(16-11-9-12-17-23)18-13-14-19(22(26)21(18)25)27-20(24)4-2/h4,13-14H,3,5-12,15-17H2,1-2H3/b20-4-. The molecule has 0 amide bonds. The van der Waals surface area contributed by atoms with Gasteiger partial charge in [0.2, 0.25) is 5.82 Å². The first-order valence-electron chi connectivity index (χ1n) is 10.5. The Morgan fingerprint density at radius 3 is 2.37 bits per heavy atom. The lowest BCUT2D eigenvalue weighted by atomic mass is 9.66. The Balaban J connectivity index is 2.16. The van der Waals surface area contributed by atoms with Crippen LogP contribution in [0.15, 0.2) is 23.4 Å². The molecule has 0 saturated heterocycles. The summed E-state index contributed by atoms with van der Waals surface area (Å²) in [6.07, 6.45) is 14.9.